The van der Waals surface area contributed by atoms with Crippen molar-refractivity contribution >= 4 is 27.6 Å². The molecule has 1 amide bonds. The van der Waals surface area contributed by atoms with Gasteiger partial charge in [-0.15, -0.1) is 0 Å². The number of benzene rings is 2. The number of fused-ring (bicyclic) bond motifs is 1. The van der Waals surface area contributed by atoms with Crippen molar-refractivity contribution in [1.82, 2.24) is 10.6 Å². The molecule has 0 saturated carbocycles. The molecule has 1 atom stereocenters. The van der Waals surface area contributed by atoms with Gasteiger partial charge in [0.05, 0.1) is 12.2 Å². The van der Waals surface area contributed by atoms with Crippen LogP contribution in [-0.2, 0) is 37.3 Å². The number of nitrogens with zero attached hydrogens (tertiary/aromatic N) is 2. The first-order chi connectivity index (χ1) is 18.9. The third-order valence-corrected chi connectivity index (χ3v) is 8.31. The summed E-state index contributed by atoms with van der Waals surface area (Å²) in [5.41, 5.74) is 2.52. The number of pyridine rings is 1. The number of carbonyl (C=O) groups is 2. The molecule has 0 spiro atoms. The Balaban J connectivity index is 0.00000441. The number of carbonyl (C=O) groups excluding carboxylic acids is 2. The van der Waals surface area contributed by atoms with Crippen LogP contribution in [0.5, 0.6) is 0 Å². The van der Waals surface area contributed by atoms with Gasteiger partial charge in [0.2, 0.25) is 5.91 Å². The summed E-state index contributed by atoms with van der Waals surface area (Å²) in [7, 11) is -3.91. The molecular formula is C29H35ClN4O5S. The molecule has 9 nitrogen and oxygen atoms in total. The third-order valence-electron chi connectivity index (χ3n) is 6.50. The summed E-state index contributed by atoms with van der Waals surface area (Å²) in [6.45, 7) is 3.53. The SMILES string of the molecule is CCC[n+]1cccc(S(=O)(=O)N(CCC(=O)NCCOC(=O)C2NCCc3ccccc32)c2ccccc2)c1.[Cl-]. The molecule has 3 aromatic rings. The number of rotatable bonds is 12. The Hall–Kier alpha value is -3.47. The molecule has 11 heteroatoms. The van der Waals surface area contributed by atoms with Crippen LogP contribution < -0.4 is 31.9 Å². The predicted octanol–water partition coefficient (Wildman–Crippen LogP) is -0.480. The topological polar surface area (TPSA) is 109 Å². The van der Waals surface area contributed by atoms with Gasteiger partial charge in [-0.25, -0.2) is 17.8 Å². The maximum Gasteiger partial charge on any atom is 0.327 e. The molecular weight excluding hydrogens is 552 g/mol. The van der Waals surface area contributed by atoms with E-state index in [2.05, 4.69) is 10.6 Å². The minimum atomic E-state index is -3.91. The van der Waals surface area contributed by atoms with E-state index in [1.54, 1.807) is 42.6 Å². The molecule has 214 valence electrons. The van der Waals surface area contributed by atoms with Crippen LogP contribution in [0.4, 0.5) is 5.69 Å². The van der Waals surface area contributed by atoms with Gasteiger partial charge < -0.3 is 27.8 Å². The standard InChI is InChI=1S/C29H34N4O5S.ClH/c1-2-18-32-19-8-12-25(22-32)39(36,37)33(24-10-4-3-5-11-24)20-15-27(34)30-17-21-38-29(35)28-26-13-7-6-9-23(26)14-16-31-28;/h3-13,19,22,28,31H,2,14-18,20-21H2,1H3;1H. The first-order valence-corrected chi connectivity index (χ1v) is 14.7. The van der Waals surface area contributed by atoms with Crippen LogP contribution >= 0.6 is 0 Å². The normalized spacial score (nSPS) is 14.4. The number of esters is 1. The zero-order valence-corrected chi connectivity index (χ0v) is 24.0. The van der Waals surface area contributed by atoms with E-state index in [0.29, 0.717) is 18.8 Å². The van der Waals surface area contributed by atoms with Crippen LogP contribution in [0, 0.1) is 0 Å². The van der Waals surface area contributed by atoms with E-state index in [-0.39, 0.29) is 55.3 Å². The molecule has 0 radical (unpaired) electrons. The minimum absolute atomic E-state index is 0. The van der Waals surface area contributed by atoms with Gasteiger partial charge >= 0.3 is 5.97 Å². The fourth-order valence-electron chi connectivity index (χ4n) is 4.59. The average Bonchev–Trinajstić information content (AvgIpc) is 2.96. The molecule has 0 saturated heterocycles. The maximum absolute atomic E-state index is 13.6. The number of halogens is 1. The summed E-state index contributed by atoms with van der Waals surface area (Å²) in [6.07, 6.45) is 5.12. The second-order valence-corrected chi connectivity index (χ2v) is 11.2. The molecule has 1 unspecified atom stereocenters. The van der Waals surface area contributed by atoms with Crippen molar-refractivity contribution in [3.8, 4) is 0 Å². The molecule has 2 aromatic carbocycles. The van der Waals surface area contributed by atoms with E-state index >= 15 is 0 Å². The fraction of sp³-hybridized carbons (Fsp3) is 0.345. The number of sulfonamides is 1. The highest BCUT2D eigenvalue weighted by Gasteiger charge is 2.28. The van der Waals surface area contributed by atoms with Crippen molar-refractivity contribution in [2.75, 3.05) is 30.5 Å². The Morgan fingerprint density at radius 3 is 2.60 bits per heavy atom. The van der Waals surface area contributed by atoms with Crippen LogP contribution in [0.3, 0.4) is 0 Å². The highest BCUT2D eigenvalue weighted by Crippen LogP contribution is 2.24. The molecule has 1 aliphatic heterocycles. The van der Waals surface area contributed by atoms with Gasteiger partial charge in [0.25, 0.3) is 10.0 Å². The molecule has 4 rings (SSSR count). The summed E-state index contributed by atoms with van der Waals surface area (Å²) in [5, 5.41) is 5.91. The van der Waals surface area contributed by atoms with Crippen molar-refractivity contribution in [1.29, 1.82) is 0 Å². The Morgan fingerprint density at radius 1 is 1.07 bits per heavy atom. The van der Waals surface area contributed by atoms with Gasteiger partial charge in [-0.3, -0.25) is 9.10 Å². The minimum Gasteiger partial charge on any atom is -1.00 e. The second-order valence-electron chi connectivity index (χ2n) is 9.29. The molecule has 2 N–H and O–H groups in total. The highest BCUT2D eigenvalue weighted by molar-refractivity contribution is 7.92. The van der Waals surface area contributed by atoms with Crippen LogP contribution in [-0.4, -0.2) is 46.5 Å². The second kappa shape index (κ2) is 14.8. The number of hydrogen-bond donors (Lipinski definition) is 2. The van der Waals surface area contributed by atoms with Crippen molar-refractivity contribution < 1.29 is 39.7 Å². The molecule has 0 aliphatic carbocycles. The van der Waals surface area contributed by atoms with Crippen LogP contribution in [0.25, 0.3) is 0 Å². The Kier molecular flexibility index (Phi) is 11.5. The lowest BCUT2D eigenvalue weighted by Crippen LogP contribution is -3.00. The van der Waals surface area contributed by atoms with Gasteiger partial charge in [0.15, 0.2) is 17.3 Å². The third kappa shape index (κ3) is 7.80. The fourth-order valence-corrected chi connectivity index (χ4v) is 6.09. The van der Waals surface area contributed by atoms with E-state index < -0.39 is 16.1 Å². The van der Waals surface area contributed by atoms with E-state index in [1.165, 1.54) is 4.31 Å². The van der Waals surface area contributed by atoms with E-state index in [9.17, 15) is 18.0 Å². The Bertz CT molecular complexity index is 1390. The average molecular weight is 587 g/mol. The lowest BCUT2D eigenvalue weighted by Gasteiger charge is -2.25. The number of hydrogen-bond acceptors (Lipinski definition) is 6. The molecule has 0 bridgehead atoms. The number of aromatic nitrogens is 1. The number of aryl methyl sites for hydroxylation is 1. The Morgan fingerprint density at radius 2 is 1.82 bits per heavy atom. The smallest absolute Gasteiger partial charge is 0.327 e. The van der Waals surface area contributed by atoms with Crippen LogP contribution in [0.2, 0.25) is 0 Å². The number of amides is 1. The zero-order valence-electron chi connectivity index (χ0n) is 22.5. The number of ether oxygens (including phenoxy) is 1. The quantitative estimate of drug-likeness (QED) is 0.169. The summed E-state index contributed by atoms with van der Waals surface area (Å²) in [6, 6.07) is 19.3. The highest BCUT2D eigenvalue weighted by atomic mass is 35.5. The lowest BCUT2D eigenvalue weighted by atomic mass is 9.94. The van der Waals surface area contributed by atoms with Crippen molar-refractivity contribution in [3.63, 3.8) is 0 Å². The monoisotopic (exact) mass is 586 g/mol. The van der Waals surface area contributed by atoms with Gasteiger partial charge in [0, 0.05) is 32.0 Å². The maximum atomic E-state index is 13.6. The summed E-state index contributed by atoms with van der Waals surface area (Å²) < 4.78 is 35.7. The Labute approximate surface area is 242 Å². The van der Waals surface area contributed by atoms with Gasteiger partial charge in [-0.1, -0.05) is 49.4 Å². The van der Waals surface area contributed by atoms with Crippen molar-refractivity contribution in [3.05, 3.63) is 90.3 Å². The molecule has 1 aromatic heterocycles. The molecule has 40 heavy (non-hydrogen) atoms. The van der Waals surface area contributed by atoms with Gasteiger partial charge in [0.1, 0.15) is 19.2 Å². The van der Waals surface area contributed by atoms with E-state index in [0.717, 1.165) is 24.0 Å². The first kappa shape index (κ1) is 31.1. The van der Waals surface area contributed by atoms with Gasteiger partial charge in [-0.05, 0) is 35.7 Å². The van der Waals surface area contributed by atoms with E-state index in [4.69, 9.17) is 4.74 Å². The first-order valence-electron chi connectivity index (χ1n) is 13.2. The largest absolute Gasteiger partial charge is 1.00 e. The van der Waals surface area contributed by atoms with Gasteiger partial charge in [-0.2, -0.15) is 0 Å². The van der Waals surface area contributed by atoms with Crippen molar-refractivity contribution in [2.45, 2.75) is 43.7 Å². The number of anilines is 1. The van der Waals surface area contributed by atoms with E-state index in [1.807, 2.05) is 48.0 Å². The van der Waals surface area contributed by atoms with Crippen molar-refractivity contribution in [2.24, 2.45) is 0 Å². The molecule has 0 fully saturated rings. The summed E-state index contributed by atoms with van der Waals surface area (Å²) >= 11 is 0. The molecule has 1 aliphatic rings. The van der Waals surface area contributed by atoms with Crippen LogP contribution in [0.15, 0.2) is 84.0 Å². The zero-order chi connectivity index (χ0) is 27.7. The lowest BCUT2D eigenvalue weighted by molar-refractivity contribution is -0.698. The van der Waals surface area contributed by atoms with Crippen LogP contribution in [0.1, 0.15) is 36.9 Å². The predicted molar refractivity (Wildman–Crippen MR) is 147 cm³/mol. The number of para-hydroxylation sites is 1. The molecule has 2 heterocycles. The summed E-state index contributed by atoms with van der Waals surface area (Å²) in [5.74, 6) is -0.724. The summed E-state index contributed by atoms with van der Waals surface area (Å²) in [4.78, 5) is 25.4. The number of nitrogens with one attached hydrogen (secondary N) is 2.